The topological polar surface area (TPSA) is 134 Å². The summed E-state index contributed by atoms with van der Waals surface area (Å²) in [6.45, 7) is 2.04. The Hall–Kier alpha value is -2.77. The summed E-state index contributed by atoms with van der Waals surface area (Å²) in [6.07, 6.45) is 0. The second-order valence-electron chi connectivity index (χ2n) is 3.97. The number of hydrogen-bond donors (Lipinski definition) is 5. The van der Waals surface area contributed by atoms with Crippen LogP contribution in [-0.4, -0.2) is 36.2 Å². The second-order valence-corrected chi connectivity index (χ2v) is 3.97. The number of urea groups is 2. The first-order valence-electron chi connectivity index (χ1n) is 5.83. The van der Waals surface area contributed by atoms with E-state index >= 15 is 0 Å². The molecule has 0 fully saturated rings. The van der Waals surface area contributed by atoms with E-state index in [2.05, 4.69) is 16.0 Å². The smallest absolute Gasteiger partial charge is 0.337 e. The quantitative estimate of drug-likeness (QED) is 0.501. The number of aromatic carboxylic acids is 1. The molecule has 0 aliphatic rings. The number of carboxylic acids is 1. The average molecular weight is 280 g/mol. The first-order chi connectivity index (χ1) is 9.41. The number of benzene rings is 1. The molecule has 0 heterocycles. The number of aryl methyl sites for hydroxylation is 1. The molecule has 0 radical (unpaired) electrons. The van der Waals surface area contributed by atoms with Crippen molar-refractivity contribution in [1.29, 1.82) is 0 Å². The van der Waals surface area contributed by atoms with E-state index in [0.29, 0.717) is 5.56 Å². The van der Waals surface area contributed by atoms with Gasteiger partial charge in [-0.1, -0.05) is 12.1 Å². The van der Waals surface area contributed by atoms with Crippen molar-refractivity contribution in [2.24, 2.45) is 5.73 Å². The molecule has 1 rings (SSSR count). The maximum absolute atomic E-state index is 11.6. The van der Waals surface area contributed by atoms with Gasteiger partial charge in [-0.15, -0.1) is 0 Å². The van der Waals surface area contributed by atoms with Crippen LogP contribution in [0.15, 0.2) is 18.2 Å². The molecule has 0 aliphatic heterocycles. The molecule has 0 aliphatic carbocycles. The fraction of sp³-hybridized carbons (Fsp3) is 0.250. The van der Waals surface area contributed by atoms with Crippen molar-refractivity contribution in [3.05, 3.63) is 29.3 Å². The fourth-order valence-corrected chi connectivity index (χ4v) is 1.53. The van der Waals surface area contributed by atoms with Gasteiger partial charge >= 0.3 is 18.0 Å². The van der Waals surface area contributed by atoms with E-state index < -0.39 is 18.0 Å². The Morgan fingerprint density at radius 3 is 2.45 bits per heavy atom. The highest BCUT2D eigenvalue weighted by Crippen LogP contribution is 2.20. The molecule has 6 N–H and O–H groups in total. The summed E-state index contributed by atoms with van der Waals surface area (Å²) in [5, 5.41) is 16.3. The number of nitrogens with one attached hydrogen (secondary N) is 3. The summed E-state index contributed by atoms with van der Waals surface area (Å²) < 4.78 is 0. The third-order valence-electron chi connectivity index (χ3n) is 2.45. The number of carbonyl (C=O) groups is 3. The van der Waals surface area contributed by atoms with Gasteiger partial charge in [0.05, 0.1) is 11.3 Å². The Morgan fingerprint density at radius 1 is 1.20 bits per heavy atom. The highest BCUT2D eigenvalue weighted by Gasteiger charge is 2.13. The van der Waals surface area contributed by atoms with Crippen molar-refractivity contribution in [1.82, 2.24) is 10.6 Å². The SMILES string of the molecule is Cc1cccc(C(=O)O)c1NC(=O)NCCNC(N)=O. The van der Waals surface area contributed by atoms with Gasteiger partial charge in [-0.25, -0.2) is 14.4 Å². The highest BCUT2D eigenvalue weighted by molar-refractivity contribution is 6.00. The van der Waals surface area contributed by atoms with Gasteiger partial charge in [-0.2, -0.15) is 0 Å². The lowest BCUT2D eigenvalue weighted by Gasteiger charge is -2.12. The van der Waals surface area contributed by atoms with Crippen LogP contribution < -0.4 is 21.7 Å². The molecule has 108 valence electrons. The van der Waals surface area contributed by atoms with Gasteiger partial charge in [0.1, 0.15) is 0 Å². The van der Waals surface area contributed by atoms with Gasteiger partial charge < -0.3 is 26.8 Å². The molecule has 0 saturated carbocycles. The minimum atomic E-state index is -1.13. The van der Waals surface area contributed by atoms with Crippen LogP contribution in [0.2, 0.25) is 0 Å². The van der Waals surface area contributed by atoms with E-state index in [1.54, 1.807) is 19.1 Å². The molecule has 0 bridgehead atoms. The zero-order chi connectivity index (χ0) is 15.1. The van der Waals surface area contributed by atoms with E-state index in [1.807, 2.05) is 0 Å². The number of hydrogen-bond acceptors (Lipinski definition) is 3. The Labute approximate surface area is 115 Å². The van der Waals surface area contributed by atoms with Crippen LogP contribution in [-0.2, 0) is 0 Å². The summed E-state index contributed by atoms with van der Waals surface area (Å²) in [6, 6.07) is 3.45. The maximum atomic E-state index is 11.6. The lowest BCUT2D eigenvalue weighted by atomic mass is 10.1. The summed E-state index contributed by atoms with van der Waals surface area (Å²) in [5.74, 6) is -1.13. The van der Waals surface area contributed by atoms with Crippen LogP contribution in [0.1, 0.15) is 15.9 Å². The fourth-order valence-electron chi connectivity index (χ4n) is 1.53. The molecule has 20 heavy (non-hydrogen) atoms. The van der Waals surface area contributed by atoms with Crippen molar-refractivity contribution >= 4 is 23.7 Å². The number of primary amides is 1. The molecule has 0 unspecified atom stereocenters. The number of rotatable bonds is 5. The third kappa shape index (κ3) is 4.48. The molecule has 1 aromatic rings. The zero-order valence-electron chi connectivity index (χ0n) is 10.9. The van der Waals surface area contributed by atoms with Crippen LogP contribution in [0.25, 0.3) is 0 Å². The first kappa shape index (κ1) is 15.3. The van der Waals surface area contributed by atoms with Crippen molar-refractivity contribution in [3.8, 4) is 0 Å². The normalized spacial score (nSPS) is 9.65. The Bertz CT molecular complexity index is 530. The molecule has 8 heteroatoms. The minimum Gasteiger partial charge on any atom is -0.478 e. The van der Waals surface area contributed by atoms with Crippen molar-refractivity contribution in [2.45, 2.75) is 6.92 Å². The third-order valence-corrected chi connectivity index (χ3v) is 2.45. The number of anilines is 1. The number of carboxylic acid groups (broad SMARTS) is 1. The van der Waals surface area contributed by atoms with E-state index in [0.717, 1.165) is 0 Å². The second kappa shape index (κ2) is 6.98. The number of carbonyl (C=O) groups excluding carboxylic acids is 2. The van der Waals surface area contributed by atoms with Gasteiger partial charge in [0, 0.05) is 13.1 Å². The Morgan fingerprint density at radius 2 is 1.85 bits per heavy atom. The molecule has 0 atom stereocenters. The molecule has 0 aromatic heterocycles. The van der Waals surface area contributed by atoms with Crippen LogP contribution in [0.4, 0.5) is 15.3 Å². The predicted molar refractivity (Wildman–Crippen MR) is 72.7 cm³/mol. The maximum Gasteiger partial charge on any atom is 0.337 e. The summed E-state index contributed by atoms with van der Waals surface area (Å²) in [4.78, 5) is 33.1. The molecular weight excluding hydrogens is 264 g/mol. The van der Waals surface area contributed by atoms with Gasteiger partial charge in [-0.3, -0.25) is 0 Å². The Kier molecular flexibility index (Phi) is 5.33. The Balaban J connectivity index is 2.62. The summed E-state index contributed by atoms with van der Waals surface area (Å²) in [5.41, 5.74) is 5.74. The van der Waals surface area contributed by atoms with Crippen molar-refractivity contribution in [3.63, 3.8) is 0 Å². The molecule has 0 saturated heterocycles. The predicted octanol–water partition coefficient (Wildman–Crippen LogP) is 0.483. The molecule has 8 nitrogen and oxygen atoms in total. The van der Waals surface area contributed by atoms with Gasteiger partial charge in [0.25, 0.3) is 0 Å². The van der Waals surface area contributed by atoms with Crippen LogP contribution >= 0.6 is 0 Å². The molecular formula is C12H16N4O4. The number of para-hydroxylation sites is 1. The molecule has 4 amide bonds. The number of nitrogens with two attached hydrogens (primary N) is 1. The summed E-state index contributed by atoms with van der Waals surface area (Å²) >= 11 is 0. The van der Waals surface area contributed by atoms with Crippen LogP contribution in [0.3, 0.4) is 0 Å². The summed E-state index contributed by atoms with van der Waals surface area (Å²) in [7, 11) is 0. The van der Waals surface area contributed by atoms with Crippen LogP contribution in [0, 0.1) is 6.92 Å². The van der Waals surface area contributed by atoms with E-state index in [4.69, 9.17) is 10.8 Å². The van der Waals surface area contributed by atoms with E-state index in [1.165, 1.54) is 6.07 Å². The van der Waals surface area contributed by atoms with Gasteiger partial charge in [0.15, 0.2) is 0 Å². The first-order valence-corrected chi connectivity index (χ1v) is 5.83. The minimum absolute atomic E-state index is 0.00964. The lowest BCUT2D eigenvalue weighted by Crippen LogP contribution is -2.38. The largest absolute Gasteiger partial charge is 0.478 e. The van der Waals surface area contributed by atoms with Crippen molar-refractivity contribution < 1.29 is 19.5 Å². The average Bonchev–Trinajstić information content (AvgIpc) is 2.36. The monoisotopic (exact) mass is 280 g/mol. The van der Waals surface area contributed by atoms with Gasteiger partial charge in [0.2, 0.25) is 0 Å². The lowest BCUT2D eigenvalue weighted by molar-refractivity contribution is 0.0698. The number of amides is 4. The van der Waals surface area contributed by atoms with Crippen LogP contribution in [0.5, 0.6) is 0 Å². The van der Waals surface area contributed by atoms with E-state index in [-0.39, 0.29) is 24.3 Å². The highest BCUT2D eigenvalue weighted by atomic mass is 16.4. The van der Waals surface area contributed by atoms with Gasteiger partial charge in [-0.05, 0) is 18.6 Å². The standard InChI is InChI=1S/C12H16N4O4/c1-7-3-2-4-8(10(17)18)9(7)16-12(20)15-6-5-14-11(13)19/h2-4H,5-6H2,1H3,(H,17,18)(H3,13,14,19)(H2,15,16,20). The zero-order valence-corrected chi connectivity index (χ0v) is 10.9. The molecule has 0 spiro atoms. The van der Waals surface area contributed by atoms with Crippen molar-refractivity contribution in [2.75, 3.05) is 18.4 Å². The van der Waals surface area contributed by atoms with E-state index in [9.17, 15) is 14.4 Å². The molecule has 1 aromatic carbocycles.